The highest BCUT2D eigenvalue weighted by atomic mass is 79.9. The van der Waals surface area contributed by atoms with Crippen LogP contribution >= 0.6 is 15.9 Å². The molecule has 2 fully saturated rings. The second-order valence-corrected chi connectivity index (χ2v) is 7.00. The number of carbonyl (C=O) groups is 1. The smallest absolute Gasteiger partial charge is 0.220 e. The van der Waals surface area contributed by atoms with Crippen LogP contribution < -0.4 is 10.2 Å². The van der Waals surface area contributed by atoms with E-state index < -0.39 is 6.10 Å². The maximum atomic E-state index is 11.5. The van der Waals surface area contributed by atoms with Gasteiger partial charge in [0.1, 0.15) is 0 Å². The van der Waals surface area contributed by atoms with Crippen LogP contribution in [0.3, 0.4) is 0 Å². The van der Waals surface area contributed by atoms with Crippen LogP contribution in [-0.4, -0.2) is 30.1 Å². The Morgan fingerprint density at radius 3 is 3.00 bits per heavy atom. The summed E-state index contributed by atoms with van der Waals surface area (Å²) in [4.78, 5) is 13.8. The van der Waals surface area contributed by atoms with Gasteiger partial charge < -0.3 is 15.3 Å². The molecule has 4 nitrogen and oxygen atoms in total. The molecule has 114 valence electrons. The summed E-state index contributed by atoms with van der Waals surface area (Å²) in [5.74, 6) is 0.708. The Bertz CT molecular complexity index is 547. The standard InChI is InChI=1S/C16H21BrN2O2/c1-10(20)13-8-12(17)3-4-15(13)19-7-6-14-11(9-19)2-5-16(21)18-14/h3-4,8,10-11,14,20H,2,5-7,9H2,1H3,(H,18,21). The van der Waals surface area contributed by atoms with E-state index >= 15 is 0 Å². The van der Waals surface area contributed by atoms with Crippen molar-refractivity contribution >= 4 is 27.5 Å². The van der Waals surface area contributed by atoms with Gasteiger partial charge in [-0.05, 0) is 43.9 Å². The fourth-order valence-corrected chi connectivity index (χ4v) is 3.86. The number of rotatable bonds is 2. The summed E-state index contributed by atoms with van der Waals surface area (Å²) >= 11 is 3.47. The van der Waals surface area contributed by atoms with Crippen LogP contribution in [0.1, 0.15) is 37.9 Å². The summed E-state index contributed by atoms with van der Waals surface area (Å²) < 4.78 is 0.988. The molecule has 1 aromatic carbocycles. The van der Waals surface area contributed by atoms with Crippen LogP contribution in [0.2, 0.25) is 0 Å². The predicted molar refractivity (Wildman–Crippen MR) is 86.3 cm³/mol. The first-order chi connectivity index (χ1) is 10.0. The number of nitrogens with zero attached hydrogens (tertiary/aromatic N) is 1. The van der Waals surface area contributed by atoms with E-state index in [0.29, 0.717) is 18.4 Å². The summed E-state index contributed by atoms with van der Waals surface area (Å²) in [6, 6.07) is 6.42. The van der Waals surface area contributed by atoms with E-state index in [1.807, 2.05) is 12.1 Å². The predicted octanol–water partition coefficient (Wildman–Crippen LogP) is 2.61. The van der Waals surface area contributed by atoms with Crippen molar-refractivity contribution in [2.24, 2.45) is 5.92 Å². The molecule has 2 heterocycles. The topological polar surface area (TPSA) is 52.6 Å². The zero-order chi connectivity index (χ0) is 15.0. The van der Waals surface area contributed by atoms with E-state index in [9.17, 15) is 9.90 Å². The first-order valence-corrected chi connectivity index (χ1v) is 8.35. The Morgan fingerprint density at radius 1 is 1.43 bits per heavy atom. The molecule has 0 aromatic heterocycles. The molecular formula is C16H21BrN2O2. The number of halogens is 1. The molecule has 0 saturated carbocycles. The number of amides is 1. The van der Waals surface area contributed by atoms with Crippen molar-refractivity contribution in [2.75, 3.05) is 18.0 Å². The lowest BCUT2D eigenvalue weighted by Crippen LogP contribution is -2.54. The van der Waals surface area contributed by atoms with Gasteiger partial charge in [-0.1, -0.05) is 15.9 Å². The first kappa shape index (κ1) is 14.9. The van der Waals surface area contributed by atoms with Crippen LogP contribution in [0.25, 0.3) is 0 Å². The van der Waals surface area contributed by atoms with Gasteiger partial charge in [-0.15, -0.1) is 0 Å². The third-order valence-corrected chi connectivity index (χ3v) is 5.10. The zero-order valence-electron chi connectivity index (χ0n) is 12.2. The number of anilines is 1. The highest BCUT2D eigenvalue weighted by molar-refractivity contribution is 9.10. The van der Waals surface area contributed by atoms with Gasteiger partial charge in [-0.25, -0.2) is 0 Å². The van der Waals surface area contributed by atoms with Crippen LogP contribution in [0.15, 0.2) is 22.7 Å². The number of carbonyl (C=O) groups excluding carboxylic acids is 1. The average Bonchev–Trinajstić information content (AvgIpc) is 2.46. The molecule has 1 amide bonds. The zero-order valence-corrected chi connectivity index (χ0v) is 13.8. The molecule has 3 rings (SSSR count). The Labute approximate surface area is 133 Å². The van der Waals surface area contributed by atoms with E-state index in [-0.39, 0.29) is 5.91 Å². The minimum Gasteiger partial charge on any atom is -0.389 e. The van der Waals surface area contributed by atoms with E-state index in [1.54, 1.807) is 6.92 Å². The summed E-state index contributed by atoms with van der Waals surface area (Å²) in [6.07, 6.45) is 2.10. The number of hydrogen-bond acceptors (Lipinski definition) is 3. The van der Waals surface area contributed by atoms with Gasteiger partial charge in [0.2, 0.25) is 5.91 Å². The monoisotopic (exact) mass is 352 g/mol. The molecule has 2 N–H and O–H groups in total. The molecule has 0 aliphatic carbocycles. The Balaban J connectivity index is 1.81. The second-order valence-electron chi connectivity index (χ2n) is 6.09. The molecule has 1 aromatic rings. The fraction of sp³-hybridized carbons (Fsp3) is 0.562. The Morgan fingerprint density at radius 2 is 2.24 bits per heavy atom. The number of fused-ring (bicyclic) bond motifs is 1. The van der Waals surface area contributed by atoms with Crippen molar-refractivity contribution in [3.63, 3.8) is 0 Å². The van der Waals surface area contributed by atoms with Crippen molar-refractivity contribution in [1.82, 2.24) is 5.32 Å². The normalized spacial score (nSPS) is 27.0. The van der Waals surface area contributed by atoms with Crippen LogP contribution in [-0.2, 0) is 4.79 Å². The van der Waals surface area contributed by atoms with Gasteiger partial charge in [0.25, 0.3) is 0 Å². The SMILES string of the molecule is CC(O)c1cc(Br)ccc1N1CCC2NC(=O)CCC2C1. The van der Waals surface area contributed by atoms with Crippen molar-refractivity contribution in [3.8, 4) is 0 Å². The third-order valence-electron chi connectivity index (χ3n) is 4.60. The molecule has 3 atom stereocenters. The quantitative estimate of drug-likeness (QED) is 0.860. The van der Waals surface area contributed by atoms with Crippen molar-refractivity contribution < 1.29 is 9.90 Å². The Hall–Kier alpha value is -1.07. The van der Waals surface area contributed by atoms with E-state index in [0.717, 1.165) is 41.7 Å². The van der Waals surface area contributed by atoms with Crippen LogP contribution in [0, 0.1) is 5.92 Å². The van der Waals surface area contributed by atoms with Crippen LogP contribution in [0.5, 0.6) is 0 Å². The number of benzene rings is 1. The lowest BCUT2D eigenvalue weighted by Gasteiger charge is -2.43. The van der Waals surface area contributed by atoms with Gasteiger partial charge in [-0.2, -0.15) is 0 Å². The maximum absolute atomic E-state index is 11.5. The van der Waals surface area contributed by atoms with Crippen LogP contribution in [0.4, 0.5) is 5.69 Å². The fourth-order valence-electron chi connectivity index (χ4n) is 3.48. The molecule has 2 aliphatic rings. The van der Waals surface area contributed by atoms with Gasteiger partial charge in [0, 0.05) is 41.3 Å². The van der Waals surface area contributed by atoms with Gasteiger partial charge in [0.15, 0.2) is 0 Å². The van der Waals surface area contributed by atoms with Crippen molar-refractivity contribution in [1.29, 1.82) is 0 Å². The number of nitrogens with one attached hydrogen (secondary N) is 1. The van der Waals surface area contributed by atoms with Gasteiger partial charge in [-0.3, -0.25) is 4.79 Å². The lowest BCUT2D eigenvalue weighted by molar-refractivity contribution is -0.124. The molecule has 3 unspecified atom stereocenters. The molecule has 0 spiro atoms. The highest BCUT2D eigenvalue weighted by Crippen LogP contribution is 2.34. The molecule has 2 saturated heterocycles. The molecule has 0 radical (unpaired) electrons. The van der Waals surface area contributed by atoms with Crippen molar-refractivity contribution in [3.05, 3.63) is 28.2 Å². The van der Waals surface area contributed by atoms with E-state index in [4.69, 9.17) is 0 Å². The van der Waals surface area contributed by atoms with Gasteiger partial charge in [0.05, 0.1) is 6.10 Å². The summed E-state index contributed by atoms with van der Waals surface area (Å²) in [6.45, 7) is 3.67. The molecule has 2 aliphatic heterocycles. The number of piperidine rings is 2. The largest absolute Gasteiger partial charge is 0.389 e. The molecule has 21 heavy (non-hydrogen) atoms. The van der Waals surface area contributed by atoms with E-state index in [1.165, 1.54) is 0 Å². The van der Waals surface area contributed by atoms with Crippen molar-refractivity contribution in [2.45, 2.75) is 38.3 Å². The number of aliphatic hydroxyl groups excluding tert-OH is 1. The number of hydrogen-bond donors (Lipinski definition) is 2. The third kappa shape index (κ3) is 3.09. The molecular weight excluding hydrogens is 332 g/mol. The second kappa shape index (κ2) is 5.97. The number of aliphatic hydroxyl groups is 1. The summed E-state index contributed by atoms with van der Waals surface area (Å²) in [5.41, 5.74) is 2.08. The first-order valence-electron chi connectivity index (χ1n) is 7.56. The molecule has 5 heteroatoms. The minimum absolute atomic E-state index is 0.193. The summed E-state index contributed by atoms with van der Waals surface area (Å²) in [5, 5.41) is 13.1. The van der Waals surface area contributed by atoms with E-state index in [2.05, 4.69) is 32.2 Å². The average molecular weight is 353 g/mol. The Kier molecular flexibility index (Phi) is 4.22. The maximum Gasteiger partial charge on any atom is 0.220 e. The highest BCUT2D eigenvalue weighted by Gasteiger charge is 2.34. The van der Waals surface area contributed by atoms with Gasteiger partial charge >= 0.3 is 0 Å². The molecule has 0 bridgehead atoms. The minimum atomic E-state index is -0.485. The lowest BCUT2D eigenvalue weighted by atomic mass is 9.84. The summed E-state index contributed by atoms with van der Waals surface area (Å²) in [7, 11) is 0.